The fourth-order valence-electron chi connectivity index (χ4n) is 6.62. The molecule has 2 nitrogen and oxygen atoms in total. The zero-order valence-electron chi connectivity index (χ0n) is 22.4. The van der Waals surface area contributed by atoms with E-state index in [1.807, 2.05) is 0 Å². The lowest BCUT2D eigenvalue weighted by atomic mass is 9.61. The number of fused-ring (bicyclic) bond motifs is 1. The predicted molar refractivity (Wildman–Crippen MR) is 140 cm³/mol. The third-order valence-corrected chi connectivity index (χ3v) is 9.24. The Kier molecular flexibility index (Phi) is 8.18. The highest BCUT2D eigenvalue weighted by Crippen LogP contribution is 2.59. The smallest absolute Gasteiger partial charge is 0.302 e. The fraction of sp³-hybridized carbons (Fsp3) is 0.710. The highest BCUT2D eigenvalue weighted by Gasteiger charge is 2.50. The monoisotopic (exact) mass is 452 g/mol. The van der Waals surface area contributed by atoms with E-state index in [9.17, 15) is 4.79 Å². The van der Waals surface area contributed by atoms with Crippen LogP contribution in [0.5, 0.6) is 0 Å². The van der Waals surface area contributed by atoms with Crippen LogP contribution in [0.1, 0.15) is 99.8 Å². The molecule has 3 aliphatic carbocycles. The molecule has 0 N–H and O–H groups in total. The van der Waals surface area contributed by atoms with E-state index in [0.29, 0.717) is 28.6 Å². The maximum absolute atomic E-state index is 11.4. The normalized spacial score (nSPS) is 35.1. The zero-order chi connectivity index (χ0) is 24.4. The molecule has 0 spiro atoms. The maximum Gasteiger partial charge on any atom is 0.302 e. The van der Waals surface area contributed by atoms with Crippen molar-refractivity contribution >= 4 is 5.97 Å². The summed E-state index contributed by atoms with van der Waals surface area (Å²) in [5.74, 6) is 2.51. The number of rotatable bonds is 5. The van der Waals surface area contributed by atoms with E-state index in [1.165, 1.54) is 50.2 Å². The molecule has 6 atom stereocenters. The van der Waals surface area contributed by atoms with E-state index >= 15 is 0 Å². The lowest BCUT2D eigenvalue weighted by molar-refractivity contribution is -0.146. The Balaban J connectivity index is 1.74. The van der Waals surface area contributed by atoms with Gasteiger partial charge in [-0.3, -0.25) is 4.79 Å². The molecule has 184 valence electrons. The van der Waals surface area contributed by atoms with Crippen LogP contribution in [0.2, 0.25) is 0 Å². The first-order valence-corrected chi connectivity index (χ1v) is 13.3. The van der Waals surface area contributed by atoms with Gasteiger partial charge in [-0.2, -0.15) is 0 Å². The predicted octanol–water partition coefficient (Wildman–Crippen LogP) is 8.60. The Labute approximate surface area is 203 Å². The number of carbonyl (C=O) groups excluding carboxylic acids is 1. The first kappa shape index (κ1) is 26.0. The number of hydrogen-bond acceptors (Lipinski definition) is 2. The van der Waals surface area contributed by atoms with Gasteiger partial charge in [-0.25, -0.2) is 0 Å². The minimum absolute atomic E-state index is 0.00765. The van der Waals surface area contributed by atoms with E-state index < -0.39 is 0 Å². The van der Waals surface area contributed by atoms with Gasteiger partial charge in [0.15, 0.2) is 0 Å². The third kappa shape index (κ3) is 6.11. The lowest BCUT2D eigenvalue weighted by Gasteiger charge is -2.44. The summed E-state index contributed by atoms with van der Waals surface area (Å²) in [6, 6.07) is 0. The van der Waals surface area contributed by atoms with Crippen molar-refractivity contribution in [2.75, 3.05) is 0 Å². The number of allylic oxidation sites excluding steroid dienone is 6. The van der Waals surface area contributed by atoms with Crippen molar-refractivity contribution in [2.24, 2.45) is 34.5 Å². The summed E-state index contributed by atoms with van der Waals surface area (Å²) < 4.78 is 5.50. The summed E-state index contributed by atoms with van der Waals surface area (Å²) >= 11 is 0. The lowest BCUT2D eigenvalue weighted by Crippen LogP contribution is -2.35. The van der Waals surface area contributed by atoms with E-state index in [-0.39, 0.29) is 12.1 Å². The van der Waals surface area contributed by atoms with E-state index in [2.05, 4.69) is 72.4 Å². The van der Waals surface area contributed by atoms with Crippen LogP contribution in [0.3, 0.4) is 0 Å². The molecule has 2 heteroatoms. The summed E-state index contributed by atoms with van der Waals surface area (Å²) in [6.07, 6.45) is 18.9. The Morgan fingerprint density at radius 2 is 1.85 bits per heavy atom. The molecule has 0 radical (unpaired) electrons. The van der Waals surface area contributed by atoms with Gasteiger partial charge in [-0.05, 0) is 85.0 Å². The molecule has 33 heavy (non-hydrogen) atoms. The summed E-state index contributed by atoms with van der Waals surface area (Å²) in [5.41, 5.74) is 4.85. The van der Waals surface area contributed by atoms with Crippen molar-refractivity contribution in [1.82, 2.24) is 0 Å². The molecule has 0 aromatic carbocycles. The average molecular weight is 453 g/mol. The summed E-state index contributed by atoms with van der Waals surface area (Å²) in [5, 5.41) is 0. The minimum Gasteiger partial charge on any atom is -0.462 e. The van der Waals surface area contributed by atoms with Crippen LogP contribution in [0, 0.1) is 34.5 Å². The maximum atomic E-state index is 11.4. The summed E-state index contributed by atoms with van der Waals surface area (Å²) in [4.78, 5) is 11.4. The zero-order valence-corrected chi connectivity index (χ0v) is 22.4. The van der Waals surface area contributed by atoms with Crippen molar-refractivity contribution in [3.63, 3.8) is 0 Å². The molecule has 0 amide bonds. The SMILES string of the molecule is C=C1CC[C@H](OC(C)=O)C/C1=C/C=C1\CCC[C@@]2(C)C1CC[C@@H]2[C@@H](C)/C=C/[C@@H](C)C(C)(C)C. The first-order valence-electron chi connectivity index (χ1n) is 13.3. The molecule has 0 aromatic heterocycles. The molecule has 0 heterocycles. The van der Waals surface area contributed by atoms with Gasteiger partial charge in [0.2, 0.25) is 0 Å². The standard InChI is InChI=1S/C31H48O2/c1-21-12-16-27(33-24(4)32)20-26(21)15-14-25-10-9-19-31(8)28(17-18-29(25)31)22(2)11-13-23(3)30(5,6)7/h11,13-15,22-23,27-29H,1,9-10,12,16-20H2,2-8H3/b13-11+,25-14+,26-15-/t22-,23+,27-,28+,29?,31+/m0/s1. The van der Waals surface area contributed by atoms with Gasteiger partial charge in [0.25, 0.3) is 0 Å². The Bertz CT molecular complexity index is 820. The van der Waals surface area contributed by atoms with Crippen LogP contribution < -0.4 is 0 Å². The van der Waals surface area contributed by atoms with E-state index in [4.69, 9.17) is 4.74 Å². The second-order valence-electron chi connectivity index (χ2n) is 12.5. The molecule has 3 rings (SSSR count). The fourth-order valence-corrected chi connectivity index (χ4v) is 6.62. The number of carbonyl (C=O) groups is 1. The third-order valence-electron chi connectivity index (χ3n) is 9.24. The average Bonchev–Trinajstić information content (AvgIpc) is 3.08. The van der Waals surface area contributed by atoms with Gasteiger partial charge >= 0.3 is 5.97 Å². The van der Waals surface area contributed by atoms with Crippen molar-refractivity contribution in [1.29, 1.82) is 0 Å². The van der Waals surface area contributed by atoms with Crippen LogP contribution in [0.4, 0.5) is 0 Å². The van der Waals surface area contributed by atoms with Gasteiger partial charge in [0, 0.05) is 13.3 Å². The molecule has 0 saturated heterocycles. The molecular weight excluding hydrogens is 404 g/mol. The van der Waals surface area contributed by atoms with Crippen molar-refractivity contribution in [3.05, 3.63) is 47.6 Å². The van der Waals surface area contributed by atoms with Crippen LogP contribution in [0.15, 0.2) is 47.6 Å². The van der Waals surface area contributed by atoms with Crippen molar-refractivity contribution in [2.45, 2.75) is 106 Å². The summed E-state index contributed by atoms with van der Waals surface area (Å²) in [7, 11) is 0. The molecule has 0 aliphatic heterocycles. The molecule has 3 saturated carbocycles. The second kappa shape index (κ2) is 10.4. The topological polar surface area (TPSA) is 26.3 Å². The van der Waals surface area contributed by atoms with Crippen LogP contribution in [0.25, 0.3) is 0 Å². The number of ether oxygens (including phenoxy) is 1. The second-order valence-corrected chi connectivity index (χ2v) is 12.5. The van der Waals surface area contributed by atoms with Gasteiger partial charge in [0.1, 0.15) is 6.10 Å². The van der Waals surface area contributed by atoms with Crippen molar-refractivity contribution < 1.29 is 9.53 Å². The van der Waals surface area contributed by atoms with Gasteiger partial charge in [0.05, 0.1) is 0 Å². The molecule has 1 unspecified atom stereocenters. The Morgan fingerprint density at radius 1 is 1.12 bits per heavy atom. The molecule has 3 fully saturated rings. The molecule has 0 bridgehead atoms. The first-order chi connectivity index (χ1) is 15.4. The molecular formula is C31H48O2. The van der Waals surface area contributed by atoms with Crippen molar-refractivity contribution in [3.8, 4) is 0 Å². The Morgan fingerprint density at radius 3 is 2.52 bits per heavy atom. The van der Waals surface area contributed by atoms with Crippen LogP contribution in [-0.4, -0.2) is 12.1 Å². The van der Waals surface area contributed by atoms with Gasteiger partial charge in [-0.1, -0.05) is 83.6 Å². The van der Waals surface area contributed by atoms with Gasteiger partial charge < -0.3 is 4.74 Å². The van der Waals surface area contributed by atoms with Gasteiger partial charge in [-0.15, -0.1) is 0 Å². The van der Waals surface area contributed by atoms with Crippen LogP contribution in [-0.2, 0) is 9.53 Å². The summed E-state index contributed by atoms with van der Waals surface area (Å²) in [6.45, 7) is 20.2. The highest BCUT2D eigenvalue weighted by atomic mass is 16.5. The molecule has 0 aromatic rings. The quantitative estimate of drug-likeness (QED) is 0.308. The Hall–Kier alpha value is -1.57. The molecule has 3 aliphatic rings. The number of esters is 1. The van der Waals surface area contributed by atoms with Crippen LogP contribution >= 0.6 is 0 Å². The highest BCUT2D eigenvalue weighted by molar-refractivity contribution is 5.66. The van der Waals surface area contributed by atoms with E-state index in [0.717, 1.165) is 25.2 Å². The van der Waals surface area contributed by atoms with E-state index in [1.54, 1.807) is 5.57 Å². The largest absolute Gasteiger partial charge is 0.462 e. The number of hydrogen-bond donors (Lipinski definition) is 0. The minimum atomic E-state index is -0.176.